The van der Waals surface area contributed by atoms with Crippen molar-refractivity contribution in [3.8, 4) is 0 Å². The van der Waals surface area contributed by atoms with E-state index in [0.29, 0.717) is 11.8 Å². The van der Waals surface area contributed by atoms with Gasteiger partial charge in [0.25, 0.3) is 0 Å². The summed E-state index contributed by atoms with van der Waals surface area (Å²) in [6, 6.07) is 9.56. The number of benzene rings is 1. The summed E-state index contributed by atoms with van der Waals surface area (Å²) in [4.78, 5) is 14.2. The Hall–Kier alpha value is -0.800. The van der Waals surface area contributed by atoms with Crippen LogP contribution in [0.2, 0.25) is 0 Å². The number of ketones is 1. The Morgan fingerprint density at radius 2 is 2.19 bits per heavy atom. The Labute approximate surface area is 101 Å². The second kappa shape index (κ2) is 5.51. The van der Waals surface area contributed by atoms with Gasteiger partial charge < -0.3 is 0 Å². The summed E-state index contributed by atoms with van der Waals surface area (Å²) in [7, 11) is 0. The van der Waals surface area contributed by atoms with Crippen LogP contribution in [0.3, 0.4) is 0 Å². The number of rotatable bonds is 3. The molecule has 1 aliphatic heterocycles. The zero-order valence-electron chi connectivity index (χ0n) is 9.56. The number of hydrogen-bond donors (Lipinski definition) is 0. The predicted molar refractivity (Wildman–Crippen MR) is 69.1 cm³/mol. The number of hydrogen-bond acceptors (Lipinski definition) is 3. The van der Waals surface area contributed by atoms with Crippen molar-refractivity contribution in [2.24, 2.45) is 0 Å². The van der Waals surface area contributed by atoms with Gasteiger partial charge in [0.05, 0.1) is 6.54 Å². The standard InChI is InChI=1S/C13H17NOS/c1-11-9-14(7-8-16-11)10-13(15)12-5-3-2-4-6-12/h2-6,11H,7-10H2,1H3. The molecule has 0 amide bonds. The molecule has 16 heavy (non-hydrogen) atoms. The van der Waals surface area contributed by atoms with E-state index >= 15 is 0 Å². The third-order valence-electron chi connectivity index (χ3n) is 2.79. The van der Waals surface area contributed by atoms with Gasteiger partial charge in [0.2, 0.25) is 0 Å². The maximum atomic E-state index is 12.0. The molecule has 1 atom stereocenters. The second-order valence-corrected chi connectivity index (χ2v) is 5.75. The van der Waals surface area contributed by atoms with E-state index in [1.807, 2.05) is 42.1 Å². The van der Waals surface area contributed by atoms with E-state index < -0.39 is 0 Å². The minimum absolute atomic E-state index is 0.236. The highest BCUT2D eigenvalue weighted by atomic mass is 32.2. The number of Topliss-reactive ketones (excluding diaryl/α,β-unsaturated/α-hetero) is 1. The Kier molecular flexibility index (Phi) is 4.02. The molecule has 0 saturated carbocycles. The minimum atomic E-state index is 0.236. The van der Waals surface area contributed by atoms with Crippen LogP contribution in [0.5, 0.6) is 0 Å². The summed E-state index contributed by atoms with van der Waals surface area (Å²) in [6.07, 6.45) is 0. The summed E-state index contributed by atoms with van der Waals surface area (Å²) < 4.78 is 0. The average Bonchev–Trinajstić information content (AvgIpc) is 2.30. The van der Waals surface area contributed by atoms with Crippen molar-refractivity contribution in [3.05, 3.63) is 35.9 Å². The number of carbonyl (C=O) groups excluding carboxylic acids is 1. The van der Waals surface area contributed by atoms with Crippen LogP contribution in [0, 0.1) is 0 Å². The molecule has 1 fully saturated rings. The van der Waals surface area contributed by atoms with Gasteiger partial charge in [-0.1, -0.05) is 37.3 Å². The van der Waals surface area contributed by atoms with Crippen LogP contribution >= 0.6 is 11.8 Å². The molecule has 1 aliphatic rings. The molecule has 0 aliphatic carbocycles. The Morgan fingerprint density at radius 3 is 2.88 bits per heavy atom. The lowest BCUT2D eigenvalue weighted by molar-refractivity contribution is 0.0934. The van der Waals surface area contributed by atoms with Crippen molar-refractivity contribution >= 4 is 17.5 Å². The fraction of sp³-hybridized carbons (Fsp3) is 0.462. The van der Waals surface area contributed by atoms with Gasteiger partial charge >= 0.3 is 0 Å². The van der Waals surface area contributed by atoms with Crippen LogP contribution in [-0.4, -0.2) is 41.3 Å². The van der Waals surface area contributed by atoms with Crippen molar-refractivity contribution in [3.63, 3.8) is 0 Å². The Morgan fingerprint density at radius 1 is 1.44 bits per heavy atom. The summed E-state index contributed by atoms with van der Waals surface area (Å²) in [5.41, 5.74) is 0.827. The molecule has 3 heteroatoms. The van der Waals surface area contributed by atoms with Gasteiger partial charge in [-0.3, -0.25) is 9.69 Å². The molecule has 1 heterocycles. The smallest absolute Gasteiger partial charge is 0.176 e. The molecule has 1 aromatic carbocycles. The highest BCUT2D eigenvalue weighted by molar-refractivity contribution is 7.99. The van der Waals surface area contributed by atoms with Crippen molar-refractivity contribution in [1.82, 2.24) is 4.90 Å². The zero-order chi connectivity index (χ0) is 11.4. The molecule has 1 unspecified atom stereocenters. The van der Waals surface area contributed by atoms with E-state index in [4.69, 9.17) is 0 Å². The lowest BCUT2D eigenvalue weighted by atomic mass is 10.1. The Balaban J connectivity index is 1.92. The highest BCUT2D eigenvalue weighted by Crippen LogP contribution is 2.17. The second-order valence-electron chi connectivity index (χ2n) is 4.21. The normalized spacial score (nSPS) is 21.9. The number of nitrogens with zero attached hydrogens (tertiary/aromatic N) is 1. The highest BCUT2D eigenvalue weighted by Gasteiger charge is 2.19. The molecule has 0 radical (unpaired) electrons. The molecule has 2 nitrogen and oxygen atoms in total. The maximum absolute atomic E-state index is 12.0. The summed E-state index contributed by atoms with van der Waals surface area (Å²) in [5, 5.41) is 0.650. The first-order chi connectivity index (χ1) is 7.75. The third-order valence-corrected chi connectivity index (χ3v) is 3.92. The van der Waals surface area contributed by atoms with Gasteiger partial charge in [-0.05, 0) is 0 Å². The number of carbonyl (C=O) groups is 1. The van der Waals surface area contributed by atoms with Crippen LogP contribution in [0.25, 0.3) is 0 Å². The summed E-state index contributed by atoms with van der Waals surface area (Å²) in [6.45, 7) is 4.86. The quantitative estimate of drug-likeness (QED) is 0.750. The first kappa shape index (κ1) is 11.7. The molecule has 0 bridgehead atoms. The van der Waals surface area contributed by atoms with Crippen LogP contribution in [0.4, 0.5) is 0 Å². The van der Waals surface area contributed by atoms with E-state index in [0.717, 1.165) is 24.4 Å². The summed E-state index contributed by atoms with van der Waals surface area (Å²) in [5.74, 6) is 1.38. The zero-order valence-corrected chi connectivity index (χ0v) is 10.4. The van der Waals surface area contributed by atoms with Crippen LogP contribution in [-0.2, 0) is 0 Å². The van der Waals surface area contributed by atoms with Crippen molar-refractivity contribution < 1.29 is 4.79 Å². The van der Waals surface area contributed by atoms with Gasteiger partial charge in [0.1, 0.15) is 0 Å². The third kappa shape index (κ3) is 3.09. The molecule has 1 aromatic rings. The average molecular weight is 235 g/mol. The van der Waals surface area contributed by atoms with Gasteiger partial charge in [0.15, 0.2) is 5.78 Å². The molecule has 2 rings (SSSR count). The summed E-state index contributed by atoms with van der Waals surface area (Å²) >= 11 is 1.99. The molecule has 1 saturated heterocycles. The van der Waals surface area contributed by atoms with E-state index in [2.05, 4.69) is 11.8 Å². The largest absolute Gasteiger partial charge is 0.294 e. The van der Waals surface area contributed by atoms with E-state index in [-0.39, 0.29) is 5.78 Å². The molecule has 0 N–H and O–H groups in total. The van der Waals surface area contributed by atoms with Gasteiger partial charge in [-0.2, -0.15) is 11.8 Å². The molecule has 0 aromatic heterocycles. The van der Waals surface area contributed by atoms with Gasteiger partial charge in [-0.15, -0.1) is 0 Å². The van der Waals surface area contributed by atoms with Gasteiger partial charge in [0, 0.05) is 29.7 Å². The fourth-order valence-corrected chi connectivity index (χ4v) is 3.03. The molecular weight excluding hydrogens is 218 g/mol. The first-order valence-corrected chi connectivity index (χ1v) is 6.73. The molecule has 86 valence electrons. The molecular formula is C13H17NOS. The van der Waals surface area contributed by atoms with Crippen molar-refractivity contribution in [2.45, 2.75) is 12.2 Å². The van der Waals surface area contributed by atoms with Gasteiger partial charge in [-0.25, -0.2) is 0 Å². The number of thioether (sulfide) groups is 1. The van der Waals surface area contributed by atoms with E-state index in [1.54, 1.807) is 0 Å². The monoisotopic (exact) mass is 235 g/mol. The van der Waals surface area contributed by atoms with Crippen molar-refractivity contribution in [1.29, 1.82) is 0 Å². The van der Waals surface area contributed by atoms with E-state index in [9.17, 15) is 4.79 Å². The van der Waals surface area contributed by atoms with Crippen LogP contribution < -0.4 is 0 Å². The first-order valence-electron chi connectivity index (χ1n) is 5.68. The molecule has 0 spiro atoms. The fourth-order valence-electron chi connectivity index (χ4n) is 1.95. The van der Waals surface area contributed by atoms with Crippen molar-refractivity contribution in [2.75, 3.05) is 25.4 Å². The Bertz CT molecular complexity index is 352. The minimum Gasteiger partial charge on any atom is -0.294 e. The lowest BCUT2D eigenvalue weighted by Crippen LogP contribution is -2.39. The predicted octanol–water partition coefficient (Wildman–Crippen LogP) is 2.31. The topological polar surface area (TPSA) is 20.3 Å². The van der Waals surface area contributed by atoms with Crippen LogP contribution in [0.15, 0.2) is 30.3 Å². The SMILES string of the molecule is CC1CN(CC(=O)c2ccccc2)CCS1. The van der Waals surface area contributed by atoms with E-state index in [1.165, 1.54) is 0 Å². The maximum Gasteiger partial charge on any atom is 0.176 e. The van der Waals surface area contributed by atoms with Crippen LogP contribution in [0.1, 0.15) is 17.3 Å². The lowest BCUT2D eigenvalue weighted by Gasteiger charge is -2.29.